The summed E-state index contributed by atoms with van der Waals surface area (Å²) in [6.45, 7) is -0.548. The summed E-state index contributed by atoms with van der Waals surface area (Å²) in [6, 6.07) is 7.79. The van der Waals surface area contributed by atoms with Gasteiger partial charge in [-0.3, -0.25) is 9.79 Å². The van der Waals surface area contributed by atoms with E-state index in [4.69, 9.17) is 16.0 Å². The molecule has 1 N–H and O–H groups in total. The number of rotatable bonds is 5. The van der Waals surface area contributed by atoms with Crippen molar-refractivity contribution in [2.24, 2.45) is 4.99 Å². The minimum Gasteiger partial charge on any atom is -0.459 e. The van der Waals surface area contributed by atoms with Crippen molar-refractivity contribution in [3.8, 4) is 5.75 Å². The van der Waals surface area contributed by atoms with Crippen LogP contribution in [0.1, 0.15) is 16.1 Å². The molecule has 10 heteroatoms. The Morgan fingerprint density at radius 1 is 1.28 bits per heavy atom. The van der Waals surface area contributed by atoms with Gasteiger partial charge in [-0.15, -0.1) is 0 Å². The van der Waals surface area contributed by atoms with E-state index in [0.29, 0.717) is 48.5 Å². The van der Waals surface area contributed by atoms with E-state index in [0.717, 1.165) is 0 Å². The Balaban J connectivity index is 1.58. The van der Waals surface area contributed by atoms with Crippen molar-refractivity contribution in [3.05, 3.63) is 52.9 Å². The van der Waals surface area contributed by atoms with Gasteiger partial charge in [0.1, 0.15) is 5.75 Å². The molecule has 1 saturated heterocycles. The number of benzene rings is 1. The maximum atomic E-state index is 12.6. The van der Waals surface area contributed by atoms with Gasteiger partial charge in [0, 0.05) is 50.4 Å². The van der Waals surface area contributed by atoms with E-state index in [2.05, 4.69) is 15.0 Å². The van der Waals surface area contributed by atoms with Gasteiger partial charge in [-0.1, -0.05) is 11.6 Å². The van der Waals surface area contributed by atoms with Crippen molar-refractivity contribution in [3.63, 3.8) is 0 Å². The van der Waals surface area contributed by atoms with E-state index < -0.39 is 6.61 Å². The Labute approximate surface area is 171 Å². The van der Waals surface area contributed by atoms with E-state index in [1.807, 2.05) is 4.90 Å². The second-order valence-corrected chi connectivity index (χ2v) is 6.72. The van der Waals surface area contributed by atoms with Crippen LogP contribution in [0.2, 0.25) is 5.02 Å². The SMILES string of the molecule is CN=C(NCc1cc(Cl)ccc1OC(F)F)N1CCN(C(=O)c2ccco2)CC1. The van der Waals surface area contributed by atoms with Gasteiger partial charge in [0.25, 0.3) is 5.91 Å². The van der Waals surface area contributed by atoms with Gasteiger partial charge in [0.2, 0.25) is 0 Å². The molecule has 1 aromatic carbocycles. The first kappa shape index (κ1) is 20.9. The van der Waals surface area contributed by atoms with E-state index in [1.165, 1.54) is 18.4 Å². The predicted molar refractivity (Wildman–Crippen MR) is 104 cm³/mol. The summed E-state index contributed by atoms with van der Waals surface area (Å²) in [5.74, 6) is 0.818. The van der Waals surface area contributed by atoms with Crippen LogP contribution in [0, 0.1) is 0 Å². The molecule has 0 spiro atoms. The predicted octanol–water partition coefficient (Wildman–Crippen LogP) is 3.07. The lowest BCUT2D eigenvalue weighted by molar-refractivity contribution is -0.0504. The first-order valence-electron chi connectivity index (χ1n) is 8.99. The average Bonchev–Trinajstić information content (AvgIpc) is 3.25. The van der Waals surface area contributed by atoms with Crippen LogP contribution in [0.25, 0.3) is 0 Å². The zero-order chi connectivity index (χ0) is 20.8. The summed E-state index contributed by atoms with van der Waals surface area (Å²) in [4.78, 5) is 20.3. The smallest absolute Gasteiger partial charge is 0.387 e. The van der Waals surface area contributed by atoms with Gasteiger partial charge in [-0.2, -0.15) is 8.78 Å². The Morgan fingerprint density at radius 3 is 2.62 bits per heavy atom. The number of hydrogen-bond donors (Lipinski definition) is 1. The molecule has 7 nitrogen and oxygen atoms in total. The summed E-state index contributed by atoms with van der Waals surface area (Å²) in [5, 5.41) is 3.56. The largest absolute Gasteiger partial charge is 0.459 e. The summed E-state index contributed by atoms with van der Waals surface area (Å²) in [7, 11) is 1.64. The Hall–Kier alpha value is -2.81. The number of carbonyl (C=O) groups excluding carboxylic acids is 1. The highest BCUT2D eigenvalue weighted by atomic mass is 35.5. The van der Waals surface area contributed by atoms with Crippen LogP contribution in [0.4, 0.5) is 8.78 Å². The van der Waals surface area contributed by atoms with Crippen LogP contribution in [0.3, 0.4) is 0 Å². The van der Waals surface area contributed by atoms with Gasteiger partial charge >= 0.3 is 6.61 Å². The second-order valence-electron chi connectivity index (χ2n) is 6.29. The van der Waals surface area contributed by atoms with Crippen LogP contribution in [0.5, 0.6) is 5.75 Å². The lowest BCUT2D eigenvalue weighted by atomic mass is 10.2. The van der Waals surface area contributed by atoms with Crippen molar-refractivity contribution in [1.82, 2.24) is 15.1 Å². The van der Waals surface area contributed by atoms with Crippen molar-refractivity contribution in [2.75, 3.05) is 33.2 Å². The molecule has 2 aromatic rings. The molecule has 0 saturated carbocycles. The quantitative estimate of drug-likeness (QED) is 0.587. The number of piperazine rings is 1. The Bertz CT molecular complexity index is 853. The lowest BCUT2D eigenvalue weighted by Crippen LogP contribution is -2.53. The molecule has 0 bridgehead atoms. The fourth-order valence-electron chi connectivity index (χ4n) is 3.08. The van der Waals surface area contributed by atoms with E-state index in [1.54, 1.807) is 30.1 Å². The number of alkyl halides is 2. The third kappa shape index (κ3) is 5.38. The maximum absolute atomic E-state index is 12.6. The fourth-order valence-corrected chi connectivity index (χ4v) is 3.28. The summed E-state index contributed by atoms with van der Waals surface area (Å²) < 4.78 is 34.9. The number of hydrogen-bond acceptors (Lipinski definition) is 4. The molecule has 156 valence electrons. The number of aliphatic imine (C=N–C) groups is 1. The highest BCUT2D eigenvalue weighted by Gasteiger charge is 2.25. The molecular weight excluding hydrogens is 406 g/mol. The normalized spacial score (nSPS) is 15.0. The van der Waals surface area contributed by atoms with Crippen molar-refractivity contribution in [1.29, 1.82) is 0 Å². The van der Waals surface area contributed by atoms with Crippen molar-refractivity contribution < 1.29 is 22.7 Å². The number of nitrogens with zero attached hydrogens (tertiary/aromatic N) is 3. The number of furan rings is 1. The Kier molecular flexibility index (Phi) is 6.92. The van der Waals surface area contributed by atoms with E-state index in [9.17, 15) is 13.6 Å². The molecule has 1 aliphatic heterocycles. The minimum atomic E-state index is -2.92. The van der Waals surface area contributed by atoms with Gasteiger partial charge < -0.3 is 24.3 Å². The van der Waals surface area contributed by atoms with E-state index >= 15 is 0 Å². The molecule has 1 amide bonds. The van der Waals surface area contributed by atoms with Crippen LogP contribution in [-0.4, -0.2) is 61.5 Å². The molecule has 0 atom stereocenters. The van der Waals surface area contributed by atoms with Gasteiger partial charge in [-0.05, 0) is 30.3 Å². The third-order valence-electron chi connectivity index (χ3n) is 4.49. The number of amides is 1. The second kappa shape index (κ2) is 9.60. The zero-order valence-corrected chi connectivity index (χ0v) is 16.5. The van der Waals surface area contributed by atoms with Gasteiger partial charge in [-0.25, -0.2) is 0 Å². The molecular formula is C19H21ClF2N4O3. The zero-order valence-electron chi connectivity index (χ0n) is 15.8. The topological polar surface area (TPSA) is 70.3 Å². The minimum absolute atomic E-state index is 0.0567. The van der Waals surface area contributed by atoms with Crippen molar-refractivity contribution >= 4 is 23.5 Å². The van der Waals surface area contributed by atoms with Crippen molar-refractivity contribution in [2.45, 2.75) is 13.2 Å². The molecule has 2 heterocycles. The molecule has 29 heavy (non-hydrogen) atoms. The molecule has 1 aromatic heterocycles. The summed E-state index contributed by atoms with van der Waals surface area (Å²) in [6.07, 6.45) is 1.47. The molecule has 0 unspecified atom stereocenters. The number of nitrogens with one attached hydrogen (secondary N) is 1. The lowest BCUT2D eigenvalue weighted by Gasteiger charge is -2.36. The highest BCUT2D eigenvalue weighted by molar-refractivity contribution is 6.30. The third-order valence-corrected chi connectivity index (χ3v) is 4.72. The maximum Gasteiger partial charge on any atom is 0.387 e. The number of ether oxygens (including phenoxy) is 1. The van der Waals surface area contributed by atoms with Crippen LogP contribution >= 0.6 is 11.6 Å². The monoisotopic (exact) mass is 426 g/mol. The van der Waals surface area contributed by atoms with E-state index in [-0.39, 0.29) is 18.2 Å². The van der Waals surface area contributed by atoms with Gasteiger partial charge in [0.15, 0.2) is 11.7 Å². The summed E-state index contributed by atoms with van der Waals surface area (Å²) in [5.41, 5.74) is 0.491. The van der Waals surface area contributed by atoms with Crippen LogP contribution in [-0.2, 0) is 6.54 Å². The van der Waals surface area contributed by atoms with Crippen LogP contribution in [0.15, 0.2) is 46.0 Å². The van der Waals surface area contributed by atoms with Gasteiger partial charge in [0.05, 0.1) is 6.26 Å². The number of carbonyl (C=O) groups is 1. The first-order chi connectivity index (χ1) is 14.0. The highest BCUT2D eigenvalue weighted by Crippen LogP contribution is 2.24. The number of halogens is 3. The first-order valence-corrected chi connectivity index (χ1v) is 9.37. The number of guanidine groups is 1. The molecule has 0 radical (unpaired) electrons. The molecule has 1 fully saturated rings. The molecule has 0 aliphatic carbocycles. The van der Waals surface area contributed by atoms with Crippen LogP contribution < -0.4 is 10.1 Å². The average molecular weight is 427 g/mol. The summed E-state index contributed by atoms with van der Waals surface area (Å²) >= 11 is 5.98. The standard InChI is InChI=1S/C19H21ClF2N4O3/c1-23-19(24-12-13-11-14(20)4-5-15(13)29-18(21)22)26-8-6-25(7-9-26)17(27)16-3-2-10-28-16/h2-5,10-11,18H,6-9,12H2,1H3,(H,23,24). The molecule has 1 aliphatic rings. The molecule has 3 rings (SSSR count). The fraction of sp³-hybridized carbons (Fsp3) is 0.368. The Morgan fingerprint density at radius 2 is 2.00 bits per heavy atom.